The summed E-state index contributed by atoms with van der Waals surface area (Å²) >= 11 is 0. The minimum Gasteiger partial charge on any atom is -0.389 e. The van der Waals surface area contributed by atoms with E-state index in [1.165, 1.54) is 11.3 Å². The second kappa shape index (κ2) is 7.20. The Kier molecular flexibility index (Phi) is 5.24. The van der Waals surface area contributed by atoms with Crippen molar-refractivity contribution < 1.29 is 9.84 Å². The van der Waals surface area contributed by atoms with Crippen LogP contribution in [-0.2, 0) is 11.3 Å². The minimum absolute atomic E-state index is 0.263. The predicted molar refractivity (Wildman–Crippen MR) is 93.8 cm³/mol. The number of para-hydroxylation sites is 1. The van der Waals surface area contributed by atoms with Crippen molar-refractivity contribution in [3.05, 3.63) is 29.8 Å². The molecule has 2 fully saturated rings. The molecule has 0 bridgehead atoms. The number of hydrogen-bond donors (Lipinski definition) is 2. The smallest absolute Gasteiger partial charge is 0.0771 e. The third-order valence-corrected chi connectivity index (χ3v) is 5.06. The van der Waals surface area contributed by atoms with Gasteiger partial charge in [0.15, 0.2) is 0 Å². The molecule has 0 spiro atoms. The number of benzene rings is 1. The van der Waals surface area contributed by atoms with Gasteiger partial charge in [-0.15, -0.1) is 0 Å². The number of rotatable bonds is 5. The molecule has 1 aliphatic carbocycles. The van der Waals surface area contributed by atoms with Gasteiger partial charge in [0.25, 0.3) is 0 Å². The molecule has 0 aromatic heterocycles. The van der Waals surface area contributed by atoms with E-state index in [9.17, 15) is 5.11 Å². The lowest BCUT2D eigenvalue weighted by molar-refractivity contribution is -0.00526. The van der Waals surface area contributed by atoms with Crippen LogP contribution in [0.15, 0.2) is 24.3 Å². The van der Waals surface area contributed by atoms with Crippen molar-refractivity contribution in [1.29, 1.82) is 0 Å². The maximum Gasteiger partial charge on any atom is 0.0771 e. The van der Waals surface area contributed by atoms with Crippen molar-refractivity contribution in [2.75, 3.05) is 24.5 Å². The largest absolute Gasteiger partial charge is 0.389 e. The first-order valence-corrected chi connectivity index (χ1v) is 8.97. The Morgan fingerprint density at radius 3 is 2.52 bits per heavy atom. The number of morpholine rings is 1. The molecule has 1 heterocycles. The molecule has 1 saturated carbocycles. The van der Waals surface area contributed by atoms with E-state index in [-0.39, 0.29) is 12.2 Å². The number of ether oxygens (including phenoxy) is 1. The molecule has 1 aromatic carbocycles. The summed E-state index contributed by atoms with van der Waals surface area (Å²) in [5.41, 5.74) is 2.10. The Balaban J connectivity index is 1.63. The van der Waals surface area contributed by atoms with Gasteiger partial charge in [0.1, 0.15) is 0 Å². The fourth-order valence-electron chi connectivity index (χ4n) is 3.98. The molecule has 2 unspecified atom stereocenters. The molecule has 1 saturated heterocycles. The number of anilines is 1. The molecule has 4 heteroatoms. The standard InChI is InChI=1S/C19H30N2O2/c1-15-12-21(13-16(2)23-15)18-8-4-3-7-17(18)11-20-14-19(22)9-5-6-10-19/h3-4,7-8,15-16,20,22H,5-6,9-14H2,1-2H3. The van der Waals surface area contributed by atoms with Crippen LogP contribution in [0.5, 0.6) is 0 Å². The summed E-state index contributed by atoms with van der Waals surface area (Å²) in [5.74, 6) is 0. The summed E-state index contributed by atoms with van der Waals surface area (Å²) in [4.78, 5) is 2.43. The van der Waals surface area contributed by atoms with E-state index in [2.05, 4.69) is 48.3 Å². The van der Waals surface area contributed by atoms with Crippen molar-refractivity contribution in [3.63, 3.8) is 0 Å². The second-order valence-corrected chi connectivity index (χ2v) is 7.33. The average Bonchev–Trinajstić information content (AvgIpc) is 2.93. The van der Waals surface area contributed by atoms with Crippen molar-refractivity contribution in [2.24, 2.45) is 0 Å². The molecule has 1 aliphatic heterocycles. The molecule has 4 nitrogen and oxygen atoms in total. The minimum atomic E-state index is -0.489. The van der Waals surface area contributed by atoms with Crippen molar-refractivity contribution in [3.8, 4) is 0 Å². The Bertz CT molecular complexity index is 504. The van der Waals surface area contributed by atoms with Gasteiger partial charge in [0.05, 0.1) is 17.8 Å². The summed E-state index contributed by atoms with van der Waals surface area (Å²) < 4.78 is 5.85. The molecule has 0 radical (unpaired) electrons. The third kappa shape index (κ3) is 4.25. The average molecular weight is 318 g/mol. The lowest BCUT2D eigenvalue weighted by atomic mass is 10.0. The van der Waals surface area contributed by atoms with Gasteiger partial charge in [-0.2, -0.15) is 0 Å². The zero-order valence-electron chi connectivity index (χ0n) is 14.4. The quantitative estimate of drug-likeness (QED) is 0.876. The van der Waals surface area contributed by atoms with Crippen LogP contribution in [0.2, 0.25) is 0 Å². The topological polar surface area (TPSA) is 44.7 Å². The first-order valence-electron chi connectivity index (χ1n) is 8.97. The van der Waals surface area contributed by atoms with Gasteiger partial charge in [-0.05, 0) is 38.3 Å². The van der Waals surface area contributed by atoms with Gasteiger partial charge in [0, 0.05) is 31.9 Å². The molecule has 0 amide bonds. The maximum absolute atomic E-state index is 10.5. The van der Waals surface area contributed by atoms with Gasteiger partial charge in [0.2, 0.25) is 0 Å². The second-order valence-electron chi connectivity index (χ2n) is 7.33. The highest BCUT2D eigenvalue weighted by Gasteiger charge is 2.30. The highest BCUT2D eigenvalue weighted by molar-refractivity contribution is 5.54. The monoisotopic (exact) mass is 318 g/mol. The summed E-state index contributed by atoms with van der Waals surface area (Å²) in [5, 5.41) is 13.9. The number of hydrogen-bond acceptors (Lipinski definition) is 4. The first kappa shape index (κ1) is 16.7. The van der Waals surface area contributed by atoms with E-state index >= 15 is 0 Å². The highest BCUT2D eigenvalue weighted by Crippen LogP contribution is 2.29. The molecule has 2 aliphatic rings. The molecule has 2 N–H and O–H groups in total. The van der Waals surface area contributed by atoms with Crippen LogP contribution in [0, 0.1) is 0 Å². The maximum atomic E-state index is 10.5. The molecular weight excluding hydrogens is 288 g/mol. The van der Waals surface area contributed by atoms with Crippen LogP contribution in [-0.4, -0.2) is 42.5 Å². The van der Waals surface area contributed by atoms with Gasteiger partial charge in [-0.3, -0.25) is 0 Å². The van der Waals surface area contributed by atoms with Gasteiger partial charge < -0.3 is 20.1 Å². The van der Waals surface area contributed by atoms with E-state index in [1.54, 1.807) is 0 Å². The first-order chi connectivity index (χ1) is 11.1. The molecule has 128 valence electrons. The van der Waals surface area contributed by atoms with Gasteiger partial charge >= 0.3 is 0 Å². The Labute approximate surface area is 139 Å². The summed E-state index contributed by atoms with van der Waals surface area (Å²) in [7, 11) is 0. The van der Waals surface area contributed by atoms with Gasteiger partial charge in [-0.1, -0.05) is 31.0 Å². The van der Waals surface area contributed by atoms with E-state index in [4.69, 9.17) is 4.74 Å². The van der Waals surface area contributed by atoms with E-state index in [0.29, 0.717) is 6.54 Å². The van der Waals surface area contributed by atoms with Gasteiger partial charge in [-0.25, -0.2) is 0 Å². The Hall–Kier alpha value is -1.10. The van der Waals surface area contributed by atoms with Crippen LogP contribution in [0.4, 0.5) is 5.69 Å². The molecule has 1 aromatic rings. The van der Waals surface area contributed by atoms with Crippen molar-refractivity contribution in [2.45, 2.75) is 63.9 Å². The summed E-state index contributed by atoms with van der Waals surface area (Å²) in [6.07, 6.45) is 4.69. The fraction of sp³-hybridized carbons (Fsp3) is 0.684. The normalized spacial score (nSPS) is 27.3. The Morgan fingerprint density at radius 1 is 1.17 bits per heavy atom. The Morgan fingerprint density at radius 2 is 1.83 bits per heavy atom. The van der Waals surface area contributed by atoms with E-state index in [1.807, 2.05) is 0 Å². The molecular formula is C19H30N2O2. The van der Waals surface area contributed by atoms with Crippen LogP contribution < -0.4 is 10.2 Å². The highest BCUT2D eigenvalue weighted by atomic mass is 16.5. The van der Waals surface area contributed by atoms with Crippen LogP contribution >= 0.6 is 0 Å². The van der Waals surface area contributed by atoms with E-state index in [0.717, 1.165) is 45.3 Å². The predicted octanol–water partition coefficient (Wildman–Crippen LogP) is 2.69. The lowest BCUT2D eigenvalue weighted by Gasteiger charge is -2.38. The zero-order valence-corrected chi connectivity index (χ0v) is 14.4. The molecule has 3 rings (SSSR count). The lowest BCUT2D eigenvalue weighted by Crippen LogP contribution is -2.46. The van der Waals surface area contributed by atoms with Crippen molar-refractivity contribution in [1.82, 2.24) is 5.32 Å². The fourth-order valence-corrected chi connectivity index (χ4v) is 3.98. The van der Waals surface area contributed by atoms with Crippen molar-refractivity contribution >= 4 is 5.69 Å². The van der Waals surface area contributed by atoms with Crippen LogP contribution in [0.3, 0.4) is 0 Å². The molecule has 2 atom stereocenters. The number of nitrogens with one attached hydrogen (secondary N) is 1. The number of aliphatic hydroxyl groups is 1. The molecule has 23 heavy (non-hydrogen) atoms. The number of nitrogens with zero attached hydrogens (tertiary/aromatic N) is 1. The van der Waals surface area contributed by atoms with Crippen LogP contribution in [0.1, 0.15) is 45.1 Å². The zero-order chi connectivity index (χ0) is 16.3. The third-order valence-electron chi connectivity index (χ3n) is 5.06. The SMILES string of the molecule is CC1CN(c2ccccc2CNCC2(O)CCCC2)CC(C)O1. The summed E-state index contributed by atoms with van der Waals surface area (Å²) in [6.45, 7) is 7.64. The van der Waals surface area contributed by atoms with Crippen LogP contribution in [0.25, 0.3) is 0 Å². The van der Waals surface area contributed by atoms with E-state index < -0.39 is 5.60 Å². The summed E-state index contributed by atoms with van der Waals surface area (Å²) in [6, 6.07) is 8.59.